The van der Waals surface area contributed by atoms with Gasteiger partial charge in [0.05, 0.1) is 16.9 Å². The minimum Gasteiger partial charge on any atom is -0.397 e. The SMILES string of the molecule is Nc1c(NCCC2CC2)ccc2ncccc12. The first-order valence-corrected chi connectivity index (χ1v) is 6.21. The zero-order valence-corrected chi connectivity index (χ0v) is 9.82. The van der Waals surface area contributed by atoms with Gasteiger partial charge in [-0.05, 0) is 36.6 Å². The van der Waals surface area contributed by atoms with Crippen molar-refractivity contribution in [2.45, 2.75) is 19.3 Å². The Morgan fingerprint density at radius 3 is 3.00 bits per heavy atom. The van der Waals surface area contributed by atoms with Crippen LogP contribution in [0.3, 0.4) is 0 Å². The van der Waals surface area contributed by atoms with E-state index in [0.717, 1.165) is 34.7 Å². The van der Waals surface area contributed by atoms with Gasteiger partial charge in [-0.2, -0.15) is 0 Å². The lowest BCUT2D eigenvalue weighted by molar-refractivity contribution is 0.760. The van der Waals surface area contributed by atoms with Gasteiger partial charge < -0.3 is 11.1 Å². The second-order valence-electron chi connectivity index (χ2n) is 4.76. The number of aromatic nitrogens is 1. The molecule has 3 rings (SSSR count). The smallest absolute Gasteiger partial charge is 0.0724 e. The van der Waals surface area contributed by atoms with Gasteiger partial charge in [0, 0.05) is 18.1 Å². The second kappa shape index (κ2) is 4.24. The first kappa shape index (κ1) is 10.4. The quantitative estimate of drug-likeness (QED) is 0.789. The summed E-state index contributed by atoms with van der Waals surface area (Å²) in [5, 5.41) is 4.46. The highest BCUT2D eigenvalue weighted by molar-refractivity contribution is 5.96. The van der Waals surface area contributed by atoms with Crippen LogP contribution in [0.15, 0.2) is 30.5 Å². The molecule has 1 saturated carbocycles. The van der Waals surface area contributed by atoms with Crippen molar-refractivity contribution in [1.29, 1.82) is 0 Å². The first-order chi connectivity index (χ1) is 8.34. The molecule has 1 aliphatic rings. The lowest BCUT2D eigenvalue weighted by atomic mass is 10.1. The van der Waals surface area contributed by atoms with Crippen molar-refractivity contribution in [3.05, 3.63) is 30.5 Å². The molecule has 1 fully saturated rings. The van der Waals surface area contributed by atoms with Crippen LogP contribution in [0.25, 0.3) is 10.9 Å². The molecule has 3 nitrogen and oxygen atoms in total. The number of pyridine rings is 1. The number of benzene rings is 1. The number of anilines is 2. The highest BCUT2D eigenvalue weighted by Gasteiger charge is 2.20. The number of nitrogens with zero attached hydrogens (tertiary/aromatic N) is 1. The van der Waals surface area contributed by atoms with Gasteiger partial charge in [-0.3, -0.25) is 4.98 Å². The molecular weight excluding hydrogens is 210 g/mol. The molecule has 0 amide bonds. The number of nitrogen functional groups attached to an aromatic ring is 1. The van der Waals surface area contributed by atoms with Gasteiger partial charge in [0.15, 0.2) is 0 Å². The third kappa shape index (κ3) is 2.18. The summed E-state index contributed by atoms with van der Waals surface area (Å²) in [6.45, 7) is 1.01. The fraction of sp³-hybridized carbons (Fsp3) is 0.357. The zero-order valence-electron chi connectivity index (χ0n) is 9.82. The second-order valence-corrected chi connectivity index (χ2v) is 4.76. The Labute approximate surface area is 101 Å². The molecule has 2 aromatic rings. The Kier molecular flexibility index (Phi) is 2.59. The van der Waals surface area contributed by atoms with Crippen molar-refractivity contribution >= 4 is 22.3 Å². The number of fused-ring (bicyclic) bond motifs is 1. The lowest BCUT2D eigenvalue weighted by Gasteiger charge is -2.10. The third-order valence-electron chi connectivity index (χ3n) is 3.39. The highest BCUT2D eigenvalue weighted by atomic mass is 14.9. The van der Waals surface area contributed by atoms with Gasteiger partial charge in [-0.25, -0.2) is 0 Å². The molecule has 3 N–H and O–H groups in total. The van der Waals surface area contributed by atoms with E-state index < -0.39 is 0 Å². The van der Waals surface area contributed by atoms with Crippen molar-refractivity contribution < 1.29 is 0 Å². The van der Waals surface area contributed by atoms with Gasteiger partial charge in [-0.15, -0.1) is 0 Å². The van der Waals surface area contributed by atoms with E-state index in [0.29, 0.717) is 0 Å². The molecule has 0 unspecified atom stereocenters. The molecule has 0 spiro atoms. The molecular formula is C14H17N3. The predicted octanol–water partition coefficient (Wildman–Crippen LogP) is 3.03. The minimum atomic E-state index is 0.811. The van der Waals surface area contributed by atoms with E-state index in [1.807, 2.05) is 24.3 Å². The fourth-order valence-corrected chi connectivity index (χ4v) is 2.15. The number of hydrogen-bond donors (Lipinski definition) is 2. The van der Waals surface area contributed by atoms with Crippen LogP contribution in [0.4, 0.5) is 11.4 Å². The average Bonchev–Trinajstić information content (AvgIpc) is 3.17. The normalized spacial score (nSPS) is 15.1. The van der Waals surface area contributed by atoms with Crippen molar-refractivity contribution in [2.24, 2.45) is 5.92 Å². The minimum absolute atomic E-state index is 0.811. The van der Waals surface area contributed by atoms with E-state index in [2.05, 4.69) is 10.3 Å². The van der Waals surface area contributed by atoms with Crippen molar-refractivity contribution in [3.63, 3.8) is 0 Å². The summed E-state index contributed by atoms with van der Waals surface area (Å²) in [6, 6.07) is 7.99. The van der Waals surface area contributed by atoms with Gasteiger partial charge >= 0.3 is 0 Å². The summed E-state index contributed by atoms with van der Waals surface area (Å²) in [4.78, 5) is 4.29. The Morgan fingerprint density at radius 2 is 2.18 bits per heavy atom. The van der Waals surface area contributed by atoms with Gasteiger partial charge in [0.25, 0.3) is 0 Å². The van der Waals surface area contributed by atoms with Crippen LogP contribution in [0.2, 0.25) is 0 Å². The first-order valence-electron chi connectivity index (χ1n) is 6.21. The molecule has 1 heterocycles. The average molecular weight is 227 g/mol. The van der Waals surface area contributed by atoms with Crippen LogP contribution < -0.4 is 11.1 Å². The Balaban J connectivity index is 1.80. The summed E-state index contributed by atoms with van der Waals surface area (Å²) in [5.74, 6) is 0.950. The maximum Gasteiger partial charge on any atom is 0.0724 e. The number of rotatable bonds is 4. The number of nitrogens with one attached hydrogen (secondary N) is 1. The van der Waals surface area contributed by atoms with Gasteiger partial charge in [-0.1, -0.05) is 12.8 Å². The van der Waals surface area contributed by atoms with Crippen LogP contribution in [0.1, 0.15) is 19.3 Å². The molecule has 0 atom stereocenters. The number of nitrogens with two attached hydrogens (primary N) is 1. The van der Waals surface area contributed by atoms with E-state index in [1.165, 1.54) is 19.3 Å². The van der Waals surface area contributed by atoms with Crippen LogP contribution in [0, 0.1) is 5.92 Å². The topological polar surface area (TPSA) is 50.9 Å². The van der Waals surface area contributed by atoms with E-state index in [9.17, 15) is 0 Å². The van der Waals surface area contributed by atoms with Gasteiger partial charge in [0.2, 0.25) is 0 Å². The molecule has 3 heteroatoms. The molecule has 17 heavy (non-hydrogen) atoms. The molecule has 0 radical (unpaired) electrons. The van der Waals surface area contributed by atoms with Crippen LogP contribution in [0.5, 0.6) is 0 Å². The monoisotopic (exact) mass is 227 g/mol. The summed E-state index contributed by atoms with van der Waals surface area (Å²) < 4.78 is 0. The fourth-order valence-electron chi connectivity index (χ4n) is 2.15. The summed E-state index contributed by atoms with van der Waals surface area (Å²) in [5.41, 5.74) is 8.95. The van der Waals surface area contributed by atoms with E-state index in [-0.39, 0.29) is 0 Å². The van der Waals surface area contributed by atoms with Crippen molar-refractivity contribution in [2.75, 3.05) is 17.6 Å². The van der Waals surface area contributed by atoms with Crippen molar-refractivity contribution in [1.82, 2.24) is 4.98 Å². The Hall–Kier alpha value is -1.77. The highest BCUT2D eigenvalue weighted by Crippen LogP contribution is 2.33. The van der Waals surface area contributed by atoms with Crippen LogP contribution in [-0.4, -0.2) is 11.5 Å². The predicted molar refractivity (Wildman–Crippen MR) is 72.0 cm³/mol. The molecule has 88 valence electrons. The largest absolute Gasteiger partial charge is 0.397 e. The number of hydrogen-bond acceptors (Lipinski definition) is 3. The Bertz CT molecular complexity index is 532. The van der Waals surface area contributed by atoms with Crippen LogP contribution in [-0.2, 0) is 0 Å². The molecule has 0 bridgehead atoms. The van der Waals surface area contributed by atoms with E-state index in [1.54, 1.807) is 6.20 Å². The third-order valence-corrected chi connectivity index (χ3v) is 3.39. The van der Waals surface area contributed by atoms with Crippen LogP contribution >= 0.6 is 0 Å². The van der Waals surface area contributed by atoms with E-state index in [4.69, 9.17) is 5.73 Å². The summed E-state index contributed by atoms with van der Waals surface area (Å²) in [7, 11) is 0. The molecule has 1 aliphatic carbocycles. The van der Waals surface area contributed by atoms with Gasteiger partial charge in [0.1, 0.15) is 0 Å². The van der Waals surface area contributed by atoms with Crippen molar-refractivity contribution in [3.8, 4) is 0 Å². The van der Waals surface area contributed by atoms with E-state index >= 15 is 0 Å². The molecule has 1 aromatic heterocycles. The maximum absolute atomic E-state index is 6.15. The molecule has 0 aliphatic heterocycles. The maximum atomic E-state index is 6.15. The zero-order chi connectivity index (χ0) is 11.7. The Morgan fingerprint density at radius 1 is 1.29 bits per heavy atom. The molecule has 1 aromatic carbocycles. The summed E-state index contributed by atoms with van der Waals surface area (Å²) >= 11 is 0. The molecule has 0 saturated heterocycles. The lowest BCUT2D eigenvalue weighted by Crippen LogP contribution is -2.05. The summed E-state index contributed by atoms with van der Waals surface area (Å²) in [6.07, 6.45) is 5.85. The standard InChI is InChI=1S/C14H17N3/c15-14-11-2-1-8-16-12(11)5-6-13(14)17-9-7-10-3-4-10/h1-2,5-6,8,10,17H,3-4,7,9,15H2.